The zero-order chi connectivity index (χ0) is 31.8. The Bertz CT molecular complexity index is 1950. The van der Waals surface area contributed by atoms with Crippen LogP contribution in [-0.2, 0) is 43.9 Å². The zero-order valence-corrected chi connectivity index (χ0v) is 25.8. The first kappa shape index (κ1) is 31.2. The third kappa shape index (κ3) is 5.51. The highest BCUT2D eigenvalue weighted by Gasteiger charge is 2.53. The van der Waals surface area contributed by atoms with Crippen molar-refractivity contribution in [3.05, 3.63) is 41.3 Å². The van der Waals surface area contributed by atoms with Gasteiger partial charge in [-0.2, -0.15) is 0 Å². The Kier molecular flexibility index (Phi) is 7.86. The molecule has 5 N–H and O–H groups in total. The van der Waals surface area contributed by atoms with Crippen LogP contribution in [0.2, 0.25) is 0 Å². The standard InChI is InChI=1S/C21H22F2N8O10P2S2/c22-7-1-30(17-10(7)19(33)28-5-26-17)21-15-13(32)8(38-21)2-36-42(34,44)40-14-9(3-37-43(35,45)41-15)39-20(11(14)23)31-6-29-12-16(24)25-4-27-18(12)31/h1,4-6,8-9,11,13-15,20-21,32H,2-3H2,(H,34,44)(H,35,45)(H2,24,25,27)(H,26,28,33)/t8-,9-,11-,13?,14-,15-,20-,21-,42?,43?/m1/s1. The molecule has 3 aliphatic rings. The predicted molar refractivity (Wildman–Crippen MR) is 154 cm³/mol. The number of aliphatic hydroxyl groups is 1. The second kappa shape index (κ2) is 11.4. The van der Waals surface area contributed by atoms with Gasteiger partial charge in [0.1, 0.15) is 47.8 Å². The van der Waals surface area contributed by atoms with Gasteiger partial charge in [0.2, 0.25) is 0 Å². The lowest BCUT2D eigenvalue weighted by Gasteiger charge is -2.27. The minimum atomic E-state index is -4.46. The van der Waals surface area contributed by atoms with Crippen LogP contribution >= 0.6 is 25.8 Å². The molecule has 3 saturated heterocycles. The first-order valence-electron chi connectivity index (χ1n) is 12.9. The summed E-state index contributed by atoms with van der Waals surface area (Å²) < 4.78 is 80.2. The molecule has 7 heterocycles. The van der Waals surface area contributed by atoms with Crippen molar-refractivity contribution in [2.45, 2.75) is 49.1 Å². The summed E-state index contributed by atoms with van der Waals surface area (Å²) >= 11 is 9.15. The van der Waals surface area contributed by atoms with Gasteiger partial charge in [-0.1, -0.05) is 12.2 Å². The summed E-state index contributed by atoms with van der Waals surface area (Å²) in [6, 6.07) is 0. The molecule has 3 aliphatic heterocycles. The van der Waals surface area contributed by atoms with Gasteiger partial charge in [0, 0.05) is 6.20 Å². The first-order chi connectivity index (χ1) is 21.3. The lowest BCUT2D eigenvalue weighted by atomic mass is 10.1. The van der Waals surface area contributed by atoms with Crippen LogP contribution in [0.5, 0.6) is 0 Å². The third-order valence-electron chi connectivity index (χ3n) is 7.40. The van der Waals surface area contributed by atoms with E-state index in [4.69, 9.17) is 45.1 Å². The Balaban J connectivity index is 1.21. The summed E-state index contributed by atoms with van der Waals surface area (Å²) in [6.45, 7) is -10.1. The maximum Gasteiger partial charge on any atom is 0.386 e. The quantitative estimate of drug-likeness (QED) is 0.143. The van der Waals surface area contributed by atoms with Gasteiger partial charge >= 0.3 is 13.5 Å². The number of ether oxygens (including phenoxy) is 2. The number of alkyl halides is 1. The lowest BCUT2D eigenvalue weighted by Crippen LogP contribution is -2.35. The lowest BCUT2D eigenvalue weighted by molar-refractivity contribution is -0.0584. The highest BCUT2D eigenvalue weighted by atomic mass is 32.7. The normalized spacial score (nSPS) is 37.7. The summed E-state index contributed by atoms with van der Waals surface area (Å²) in [4.78, 5) is 41.4. The first-order valence-corrected chi connectivity index (χ1v) is 18.2. The number of hydrogen-bond acceptors (Lipinski definition) is 15. The van der Waals surface area contributed by atoms with Crippen molar-refractivity contribution in [1.82, 2.24) is 34.1 Å². The summed E-state index contributed by atoms with van der Waals surface area (Å²) in [6.07, 6.45) is -8.28. The molecule has 7 rings (SSSR count). The van der Waals surface area contributed by atoms with Gasteiger partial charge in [-0.3, -0.25) is 22.9 Å². The molecule has 45 heavy (non-hydrogen) atoms. The molecule has 0 spiro atoms. The summed E-state index contributed by atoms with van der Waals surface area (Å²) in [7, 11) is 0. The van der Waals surface area contributed by atoms with E-state index in [2.05, 4.69) is 37.2 Å². The second-order valence-electron chi connectivity index (χ2n) is 10.1. The van der Waals surface area contributed by atoms with Crippen molar-refractivity contribution >= 4 is 65.6 Å². The Morgan fingerprint density at radius 1 is 1.07 bits per heavy atom. The average molecular weight is 711 g/mol. The molecule has 4 aromatic rings. The number of nitrogens with one attached hydrogen (secondary N) is 1. The van der Waals surface area contributed by atoms with Gasteiger partial charge in [0.15, 0.2) is 41.6 Å². The minimum absolute atomic E-state index is 0.0392. The number of anilines is 1. The number of nitrogens with zero attached hydrogens (tertiary/aromatic N) is 6. The van der Waals surface area contributed by atoms with Gasteiger partial charge in [-0.05, 0) is 11.8 Å². The molecule has 0 aliphatic carbocycles. The maximum atomic E-state index is 16.0. The van der Waals surface area contributed by atoms with Crippen LogP contribution in [0.3, 0.4) is 0 Å². The van der Waals surface area contributed by atoms with Crippen molar-refractivity contribution < 1.29 is 50.9 Å². The highest BCUT2D eigenvalue weighted by molar-refractivity contribution is 8.44. The van der Waals surface area contributed by atoms with Crippen molar-refractivity contribution in [2.75, 3.05) is 18.9 Å². The van der Waals surface area contributed by atoms with E-state index in [0.29, 0.717) is 0 Å². The van der Waals surface area contributed by atoms with Crippen LogP contribution in [0.4, 0.5) is 14.6 Å². The topological polar surface area (TPSA) is 233 Å². The largest absolute Gasteiger partial charge is 0.387 e. The highest BCUT2D eigenvalue weighted by Crippen LogP contribution is 2.58. The summed E-state index contributed by atoms with van der Waals surface area (Å²) in [5.74, 6) is -0.924. The minimum Gasteiger partial charge on any atom is -0.387 e. The number of halogens is 2. The van der Waals surface area contributed by atoms with Crippen LogP contribution in [0.1, 0.15) is 12.5 Å². The number of nitrogens with two attached hydrogens (primary N) is 1. The van der Waals surface area contributed by atoms with Crippen molar-refractivity contribution in [2.24, 2.45) is 0 Å². The second-order valence-corrected chi connectivity index (χ2v) is 15.8. The van der Waals surface area contributed by atoms with E-state index in [1.807, 2.05) is 0 Å². The predicted octanol–water partition coefficient (Wildman–Crippen LogP) is 0.851. The van der Waals surface area contributed by atoms with Crippen LogP contribution in [0.15, 0.2) is 30.0 Å². The van der Waals surface area contributed by atoms with Gasteiger partial charge in [0.05, 0.1) is 25.9 Å². The fraction of sp³-hybridized carbons (Fsp3) is 0.476. The van der Waals surface area contributed by atoms with E-state index in [1.54, 1.807) is 0 Å². The number of imidazole rings is 1. The average Bonchev–Trinajstić information content (AvgIpc) is 3.71. The third-order valence-corrected chi connectivity index (χ3v) is 10.6. The number of fused-ring (bicyclic) bond motifs is 5. The van der Waals surface area contributed by atoms with E-state index in [0.717, 1.165) is 23.4 Å². The molecule has 3 unspecified atom stereocenters. The number of thiol groups is 1. The van der Waals surface area contributed by atoms with Crippen LogP contribution in [-0.4, -0.2) is 94.0 Å². The van der Waals surface area contributed by atoms with Gasteiger partial charge in [-0.25, -0.2) is 33.3 Å². The van der Waals surface area contributed by atoms with Crippen LogP contribution in [0.25, 0.3) is 22.2 Å². The molecule has 24 heteroatoms. The molecular weight excluding hydrogens is 688 g/mol. The molecule has 0 amide bonds. The molecular formula is C21H22F2N8O10P2S2. The Labute approximate surface area is 259 Å². The fourth-order valence-electron chi connectivity index (χ4n) is 5.37. The van der Waals surface area contributed by atoms with Gasteiger partial charge in [-0.15, -0.1) is 0 Å². The SMILES string of the molecule is Nc1ncnc2c1ncn2[C@@H]1O[C@@H]2COP(=O)(S)O[C@@H]3C(O)[C@@H](COP(O)(=S)O[C@H]2[C@H]1F)O[C@H]3n1cc(F)c2c(=O)[nH]cnc21. The summed E-state index contributed by atoms with van der Waals surface area (Å²) in [5, 5.41) is 10.7. The molecule has 2 bridgehead atoms. The number of aromatic nitrogens is 7. The van der Waals surface area contributed by atoms with E-state index in [9.17, 15) is 23.7 Å². The Morgan fingerprint density at radius 2 is 1.82 bits per heavy atom. The molecule has 4 aromatic heterocycles. The Hall–Kier alpha value is -2.46. The monoisotopic (exact) mass is 710 g/mol. The van der Waals surface area contributed by atoms with Crippen LogP contribution < -0.4 is 11.3 Å². The number of aromatic amines is 1. The van der Waals surface area contributed by atoms with E-state index in [-0.39, 0.29) is 22.6 Å². The van der Waals surface area contributed by atoms with Gasteiger partial charge in [0.25, 0.3) is 5.56 Å². The smallest absolute Gasteiger partial charge is 0.386 e. The number of nitrogen functional groups attached to an aromatic ring is 1. The van der Waals surface area contributed by atoms with E-state index in [1.165, 1.54) is 10.9 Å². The van der Waals surface area contributed by atoms with Gasteiger partial charge < -0.3 is 39.3 Å². The van der Waals surface area contributed by atoms with Crippen molar-refractivity contribution in [3.63, 3.8) is 0 Å². The molecule has 0 aromatic carbocycles. The number of aliphatic hydroxyl groups excluding tert-OH is 1. The Morgan fingerprint density at radius 3 is 2.62 bits per heavy atom. The van der Waals surface area contributed by atoms with Crippen molar-refractivity contribution in [1.29, 1.82) is 0 Å². The molecule has 18 nitrogen and oxygen atoms in total. The number of hydrogen-bond donors (Lipinski definition) is 5. The molecule has 0 saturated carbocycles. The molecule has 242 valence electrons. The summed E-state index contributed by atoms with van der Waals surface area (Å²) in [5.41, 5.74) is 5.17. The number of rotatable bonds is 2. The fourth-order valence-corrected chi connectivity index (χ4v) is 8.27. The van der Waals surface area contributed by atoms with Crippen molar-refractivity contribution in [3.8, 4) is 0 Å². The number of H-pyrrole nitrogens is 1. The van der Waals surface area contributed by atoms with Crippen LogP contribution in [0, 0.1) is 5.82 Å². The zero-order valence-electron chi connectivity index (χ0n) is 22.3. The molecule has 10 atom stereocenters. The van der Waals surface area contributed by atoms with E-state index >= 15 is 4.39 Å². The maximum absolute atomic E-state index is 16.0. The molecule has 0 radical (unpaired) electrons. The molecule has 3 fully saturated rings. The van der Waals surface area contributed by atoms with E-state index < -0.39 is 92.6 Å².